The summed E-state index contributed by atoms with van der Waals surface area (Å²) in [5.41, 5.74) is 3.97. The molecule has 252 valence electrons. The zero-order valence-electron chi connectivity index (χ0n) is 28.4. The number of fused-ring (bicyclic) bond motifs is 2. The highest BCUT2D eigenvalue weighted by Gasteiger charge is 2.28. The molecule has 2 aliphatic rings. The van der Waals surface area contributed by atoms with Crippen molar-refractivity contribution in [1.82, 2.24) is 25.8 Å². The van der Waals surface area contributed by atoms with E-state index in [2.05, 4.69) is 56.6 Å². The van der Waals surface area contributed by atoms with E-state index in [-0.39, 0.29) is 37.4 Å². The first-order valence-corrected chi connectivity index (χ1v) is 15.8. The van der Waals surface area contributed by atoms with E-state index in [0.29, 0.717) is 31.5 Å². The molecular weight excluding hydrogens is 586 g/mol. The van der Waals surface area contributed by atoms with Gasteiger partial charge in [-0.3, -0.25) is 24.0 Å². The summed E-state index contributed by atoms with van der Waals surface area (Å²) in [6, 6.07) is 14.8. The molecule has 2 aliphatic heterocycles. The first-order chi connectivity index (χ1) is 21.9. The van der Waals surface area contributed by atoms with Crippen molar-refractivity contribution in [2.24, 2.45) is 5.92 Å². The van der Waals surface area contributed by atoms with Crippen LogP contribution in [-0.4, -0.2) is 84.8 Å². The first-order valence-electron chi connectivity index (χ1n) is 15.8. The Labute approximate surface area is 273 Å². The van der Waals surface area contributed by atoms with Gasteiger partial charge < -0.3 is 30.5 Å². The monoisotopic (exact) mass is 637 g/mol. The third kappa shape index (κ3) is 14.2. The average molecular weight is 638 g/mol. The average Bonchev–Trinajstić information content (AvgIpc) is 3.34. The molecule has 3 N–H and O–H groups in total. The van der Waals surface area contributed by atoms with Crippen LogP contribution in [0.4, 0.5) is 0 Å². The second-order valence-electron chi connectivity index (χ2n) is 11.7. The predicted molar refractivity (Wildman–Crippen MR) is 179 cm³/mol. The maximum absolute atomic E-state index is 12.1. The number of benzene rings is 2. The molecule has 0 saturated carbocycles. The lowest BCUT2D eigenvalue weighted by Crippen LogP contribution is -2.45. The van der Waals surface area contributed by atoms with Gasteiger partial charge in [0.15, 0.2) is 0 Å². The van der Waals surface area contributed by atoms with Gasteiger partial charge in [0.2, 0.25) is 17.6 Å². The molecule has 2 aromatic carbocycles. The number of aldehydes is 1. The van der Waals surface area contributed by atoms with E-state index in [1.807, 2.05) is 30.3 Å². The van der Waals surface area contributed by atoms with Crippen molar-refractivity contribution < 1.29 is 28.8 Å². The topological polar surface area (TPSA) is 145 Å². The normalized spacial score (nSPS) is 13.3. The standard InChI is InChI=1S/C15H19N3O3.C13H14N2O3.C4H10.C3H8/c1-16-8-13(19)15(21)17-9-14(20)18-7-6-11-4-2-3-5-12(11)10-18;1-9(8-16)14-12(17)7-15-6-10-4-2-3-5-11(10)13(15)18;1-4(2)3;1-3-2/h2-5,16H,6-10H2,1H3,(H,17,21);2-5,8-9H,6-7H2,1H3,(H,14,17);4H,1-3H3;3H2,1-2H3/t;9-;;/m.0../s1. The molecule has 0 fully saturated rings. The predicted octanol–water partition coefficient (Wildman–Crippen LogP) is 2.90. The van der Waals surface area contributed by atoms with Crippen LogP contribution in [0.5, 0.6) is 0 Å². The minimum absolute atomic E-state index is 0.0221. The van der Waals surface area contributed by atoms with Crippen molar-refractivity contribution >= 4 is 35.7 Å². The number of nitrogens with one attached hydrogen (secondary N) is 3. The molecule has 2 aromatic rings. The smallest absolute Gasteiger partial charge is 0.289 e. The van der Waals surface area contributed by atoms with E-state index in [1.54, 1.807) is 31.0 Å². The number of carbonyl (C=O) groups excluding carboxylic acids is 6. The lowest BCUT2D eigenvalue weighted by molar-refractivity contribution is -0.139. The number of nitrogens with zero attached hydrogens (tertiary/aromatic N) is 2. The fourth-order valence-corrected chi connectivity index (χ4v) is 4.26. The third-order valence-electron chi connectivity index (χ3n) is 6.30. The van der Waals surface area contributed by atoms with E-state index in [0.717, 1.165) is 23.5 Å². The molecule has 46 heavy (non-hydrogen) atoms. The number of rotatable bonds is 9. The zero-order valence-corrected chi connectivity index (χ0v) is 28.4. The molecule has 0 aliphatic carbocycles. The summed E-state index contributed by atoms with van der Waals surface area (Å²) in [5.74, 6) is -1.10. The molecule has 1 atom stereocenters. The fraction of sp³-hybridized carbons (Fsp3) is 0.486. The van der Waals surface area contributed by atoms with Gasteiger partial charge >= 0.3 is 0 Å². The number of carbonyl (C=O) groups is 6. The maximum atomic E-state index is 12.1. The van der Waals surface area contributed by atoms with Gasteiger partial charge in [0.25, 0.3) is 11.8 Å². The Morgan fingerprint density at radius 1 is 0.870 bits per heavy atom. The van der Waals surface area contributed by atoms with Gasteiger partial charge in [0.1, 0.15) is 12.8 Å². The Morgan fingerprint density at radius 2 is 1.43 bits per heavy atom. The van der Waals surface area contributed by atoms with Crippen LogP contribution in [0.25, 0.3) is 0 Å². The van der Waals surface area contributed by atoms with Crippen molar-refractivity contribution in [3.63, 3.8) is 0 Å². The molecule has 0 bridgehead atoms. The van der Waals surface area contributed by atoms with Crippen LogP contribution in [0.1, 0.15) is 75.0 Å². The molecule has 4 amide bonds. The van der Waals surface area contributed by atoms with Crippen LogP contribution < -0.4 is 16.0 Å². The van der Waals surface area contributed by atoms with E-state index < -0.39 is 17.7 Å². The summed E-state index contributed by atoms with van der Waals surface area (Å²) >= 11 is 0. The van der Waals surface area contributed by atoms with Crippen molar-refractivity contribution in [2.45, 2.75) is 73.5 Å². The summed E-state index contributed by atoms with van der Waals surface area (Å²) < 4.78 is 0. The maximum Gasteiger partial charge on any atom is 0.289 e. The SMILES string of the molecule is CC(C)C.CCC.CNCC(=O)C(=O)NCC(=O)N1CCc2ccccc2C1.C[C@@H](C=O)NC(=O)CN1Cc2ccccc2C1=O. The van der Waals surface area contributed by atoms with Crippen molar-refractivity contribution in [3.05, 3.63) is 70.8 Å². The molecule has 11 nitrogen and oxygen atoms in total. The molecule has 0 radical (unpaired) electrons. The van der Waals surface area contributed by atoms with Gasteiger partial charge in [-0.05, 0) is 49.1 Å². The van der Waals surface area contributed by atoms with Gasteiger partial charge in [0.05, 0.1) is 19.1 Å². The van der Waals surface area contributed by atoms with Gasteiger partial charge in [-0.2, -0.15) is 0 Å². The summed E-state index contributed by atoms with van der Waals surface area (Å²) in [6.45, 7) is 13.8. The van der Waals surface area contributed by atoms with Gasteiger partial charge in [-0.15, -0.1) is 0 Å². The highest BCUT2D eigenvalue weighted by molar-refractivity contribution is 6.37. The molecule has 4 rings (SSSR count). The molecule has 11 heteroatoms. The van der Waals surface area contributed by atoms with Gasteiger partial charge in [0, 0.05) is 25.2 Å². The second-order valence-corrected chi connectivity index (χ2v) is 11.7. The number of hydrogen-bond acceptors (Lipinski definition) is 7. The fourth-order valence-electron chi connectivity index (χ4n) is 4.26. The highest BCUT2D eigenvalue weighted by Crippen LogP contribution is 2.21. The molecule has 0 unspecified atom stereocenters. The van der Waals surface area contributed by atoms with Gasteiger partial charge in [-0.25, -0.2) is 0 Å². The quantitative estimate of drug-likeness (QED) is 0.283. The van der Waals surface area contributed by atoms with Crippen LogP contribution in [0.2, 0.25) is 0 Å². The lowest BCUT2D eigenvalue weighted by Gasteiger charge is -2.28. The van der Waals surface area contributed by atoms with Crippen molar-refractivity contribution in [3.8, 4) is 0 Å². The number of ketones is 1. The number of likely N-dealkylation sites (N-methyl/N-ethyl adjacent to an activating group) is 1. The van der Waals surface area contributed by atoms with Crippen molar-refractivity contribution in [1.29, 1.82) is 0 Å². The molecule has 0 saturated heterocycles. The third-order valence-corrected chi connectivity index (χ3v) is 6.30. The van der Waals surface area contributed by atoms with Crippen LogP contribution in [0.15, 0.2) is 48.5 Å². The zero-order chi connectivity index (χ0) is 34.6. The van der Waals surface area contributed by atoms with Gasteiger partial charge in [-0.1, -0.05) is 83.5 Å². The Balaban J connectivity index is 0.000000386. The van der Waals surface area contributed by atoms with E-state index in [4.69, 9.17) is 0 Å². The number of Topliss-reactive ketones (excluding diaryl/α,β-unsaturated/α-hetero) is 1. The highest BCUT2D eigenvalue weighted by atomic mass is 16.2. The summed E-state index contributed by atoms with van der Waals surface area (Å²) in [5, 5.41) is 7.48. The van der Waals surface area contributed by atoms with E-state index >= 15 is 0 Å². The largest absolute Gasteiger partial charge is 0.345 e. The first kappa shape index (κ1) is 39.6. The Morgan fingerprint density at radius 3 is 2.00 bits per heavy atom. The van der Waals surface area contributed by atoms with Crippen molar-refractivity contribution in [2.75, 3.05) is 33.2 Å². The minimum atomic E-state index is -0.727. The van der Waals surface area contributed by atoms with Crippen LogP contribution >= 0.6 is 0 Å². The second kappa shape index (κ2) is 21.4. The molecular formula is C35H51N5O6. The molecule has 2 heterocycles. The Bertz CT molecular complexity index is 1310. The summed E-state index contributed by atoms with van der Waals surface area (Å²) in [4.78, 5) is 72.0. The Hall–Kier alpha value is -4.38. The minimum Gasteiger partial charge on any atom is -0.345 e. The summed E-state index contributed by atoms with van der Waals surface area (Å²) in [6.07, 6.45) is 2.72. The number of amides is 4. The molecule has 0 spiro atoms. The van der Waals surface area contributed by atoms with Crippen LogP contribution in [0, 0.1) is 5.92 Å². The van der Waals surface area contributed by atoms with Crippen LogP contribution in [0.3, 0.4) is 0 Å². The number of hydrogen-bond donors (Lipinski definition) is 3. The van der Waals surface area contributed by atoms with Crippen LogP contribution in [-0.2, 0) is 43.5 Å². The van der Waals surface area contributed by atoms with E-state index in [1.165, 1.54) is 16.9 Å². The summed E-state index contributed by atoms with van der Waals surface area (Å²) in [7, 11) is 1.58. The lowest BCUT2D eigenvalue weighted by atomic mass is 10.00. The van der Waals surface area contributed by atoms with E-state index in [9.17, 15) is 28.8 Å². The Kier molecular flexibility index (Phi) is 18.4. The molecule has 0 aromatic heterocycles.